The molecule has 2 rings (SSSR count). The van der Waals surface area contributed by atoms with Crippen LogP contribution < -0.4 is 10.6 Å². The Morgan fingerprint density at radius 3 is 2.62 bits per heavy atom. The Labute approximate surface area is 139 Å². The summed E-state index contributed by atoms with van der Waals surface area (Å²) < 4.78 is 38.3. The topological polar surface area (TPSA) is 71.1 Å². The SMILES string of the molecule is O=C(NCC(=O)c1cc(Cl)ccn1)Nc1ccc(F)c(C(F)F)c1. The van der Waals surface area contributed by atoms with E-state index in [0.29, 0.717) is 5.02 Å². The zero-order valence-corrected chi connectivity index (χ0v) is 12.8. The van der Waals surface area contributed by atoms with Gasteiger partial charge in [-0.15, -0.1) is 0 Å². The van der Waals surface area contributed by atoms with Gasteiger partial charge in [-0.05, 0) is 30.3 Å². The van der Waals surface area contributed by atoms with E-state index in [-0.39, 0.29) is 17.9 Å². The quantitative estimate of drug-likeness (QED) is 0.799. The van der Waals surface area contributed by atoms with Crippen molar-refractivity contribution < 1.29 is 22.8 Å². The summed E-state index contributed by atoms with van der Waals surface area (Å²) in [5.74, 6) is -1.56. The van der Waals surface area contributed by atoms with Gasteiger partial charge in [0.2, 0.25) is 0 Å². The second-order valence-corrected chi connectivity index (χ2v) is 5.06. The number of benzene rings is 1. The van der Waals surface area contributed by atoms with Crippen LogP contribution in [0, 0.1) is 5.82 Å². The molecule has 0 aliphatic carbocycles. The molecule has 0 spiro atoms. The number of pyridine rings is 1. The van der Waals surface area contributed by atoms with E-state index in [2.05, 4.69) is 15.6 Å². The van der Waals surface area contributed by atoms with E-state index in [4.69, 9.17) is 11.6 Å². The molecule has 24 heavy (non-hydrogen) atoms. The fraction of sp³-hybridized carbons (Fsp3) is 0.133. The standard InChI is InChI=1S/C15H11ClF3N3O2/c16-8-3-4-20-12(5-8)13(23)7-21-15(24)22-9-1-2-11(17)10(6-9)14(18)19/h1-6,14H,7H2,(H2,21,22,24). The number of nitrogens with zero attached hydrogens (tertiary/aromatic N) is 1. The lowest BCUT2D eigenvalue weighted by atomic mass is 10.2. The Bertz CT molecular complexity index is 771. The Morgan fingerprint density at radius 2 is 1.96 bits per heavy atom. The number of hydrogen-bond donors (Lipinski definition) is 2. The molecule has 2 amide bonds. The van der Waals surface area contributed by atoms with Crippen molar-refractivity contribution >= 4 is 29.1 Å². The van der Waals surface area contributed by atoms with Crippen molar-refractivity contribution in [3.63, 3.8) is 0 Å². The highest BCUT2D eigenvalue weighted by molar-refractivity contribution is 6.30. The van der Waals surface area contributed by atoms with Gasteiger partial charge in [0.05, 0.1) is 12.1 Å². The molecular weight excluding hydrogens is 347 g/mol. The molecule has 5 nitrogen and oxygen atoms in total. The second-order valence-electron chi connectivity index (χ2n) is 4.63. The molecule has 1 aromatic heterocycles. The number of Topliss-reactive ketones (excluding diaryl/α,β-unsaturated/α-hetero) is 1. The predicted molar refractivity (Wildman–Crippen MR) is 82.0 cm³/mol. The Kier molecular flexibility index (Phi) is 5.75. The van der Waals surface area contributed by atoms with Gasteiger partial charge in [0, 0.05) is 16.9 Å². The third kappa shape index (κ3) is 4.69. The van der Waals surface area contributed by atoms with E-state index in [9.17, 15) is 22.8 Å². The lowest BCUT2D eigenvalue weighted by molar-refractivity contribution is 0.0988. The fourth-order valence-corrected chi connectivity index (χ4v) is 1.93. The van der Waals surface area contributed by atoms with Crippen LogP contribution in [0.15, 0.2) is 36.5 Å². The van der Waals surface area contributed by atoms with Crippen molar-refractivity contribution in [2.24, 2.45) is 0 Å². The zero-order valence-electron chi connectivity index (χ0n) is 12.0. The number of rotatable bonds is 5. The summed E-state index contributed by atoms with van der Waals surface area (Å²) in [5, 5.41) is 4.80. The van der Waals surface area contributed by atoms with Crippen LogP contribution >= 0.6 is 11.6 Å². The number of aromatic nitrogens is 1. The first-order valence-electron chi connectivity index (χ1n) is 6.64. The number of alkyl halides is 2. The summed E-state index contributed by atoms with van der Waals surface area (Å²) in [4.78, 5) is 27.3. The van der Waals surface area contributed by atoms with Crippen molar-refractivity contribution in [2.75, 3.05) is 11.9 Å². The summed E-state index contributed by atoms with van der Waals surface area (Å²) >= 11 is 5.73. The first-order chi connectivity index (χ1) is 11.4. The van der Waals surface area contributed by atoms with Crippen LogP contribution in [0.4, 0.5) is 23.7 Å². The zero-order chi connectivity index (χ0) is 17.7. The van der Waals surface area contributed by atoms with Crippen molar-refractivity contribution in [1.82, 2.24) is 10.3 Å². The Morgan fingerprint density at radius 1 is 1.21 bits per heavy atom. The van der Waals surface area contributed by atoms with Crippen LogP contribution in [0.25, 0.3) is 0 Å². The van der Waals surface area contributed by atoms with Crippen LogP contribution in [0.1, 0.15) is 22.5 Å². The maximum Gasteiger partial charge on any atom is 0.319 e. The average molecular weight is 358 g/mol. The molecule has 9 heteroatoms. The van der Waals surface area contributed by atoms with Gasteiger partial charge < -0.3 is 10.6 Å². The molecule has 2 aromatic rings. The van der Waals surface area contributed by atoms with E-state index >= 15 is 0 Å². The lowest BCUT2D eigenvalue weighted by Gasteiger charge is -2.09. The number of hydrogen-bond acceptors (Lipinski definition) is 3. The average Bonchev–Trinajstić information content (AvgIpc) is 2.54. The smallest absolute Gasteiger partial charge is 0.319 e. The number of ketones is 1. The minimum absolute atomic E-state index is 0.0301. The van der Waals surface area contributed by atoms with Gasteiger partial charge in [-0.2, -0.15) is 0 Å². The Balaban J connectivity index is 1.94. The molecule has 1 aromatic carbocycles. The highest BCUT2D eigenvalue weighted by atomic mass is 35.5. The van der Waals surface area contributed by atoms with Crippen LogP contribution in [0.3, 0.4) is 0 Å². The summed E-state index contributed by atoms with van der Waals surface area (Å²) in [7, 11) is 0. The predicted octanol–water partition coefficient (Wildman–Crippen LogP) is 3.82. The van der Waals surface area contributed by atoms with Crippen molar-refractivity contribution in [1.29, 1.82) is 0 Å². The number of nitrogens with one attached hydrogen (secondary N) is 2. The highest BCUT2D eigenvalue weighted by Crippen LogP contribution is 2.24. The summed E-state index contributed by atoms with van der Waals surface area (Å²) in [5.41, 5.74) is -0.783. The van der Waals surface area contributed by atoms with Crippen molar-refractivity contribution in [2.45, 2.75) is 6.43 Å². The minimum atomic E-state index is -3.01. The van der Waals surface area contributed by atoms with Gasteiger partial charge >= 0.3 is 6.03 Å². The number of carbonyl (C=O) groups excluding carboxylic acids is 2. The van der Waals surface area contributed by atoms with E-state index in [1.54, 1.807) is 0 Å². The first-order valence-corrected chi connectivity index (χ1v) is 7.02. The maximum atomic E-state index is 13.2. The molecule has 0 radical (unpaired) electrons. The molecule has 0 aliphatic heterocycles. The van der Waals surface area contributed by atoms with Crippen LogP contribution in [-0.4, -0.2) is 23.3 Å². The number of halogens is 4. The third-order valence-corrected chi connectivity index (χ3v) is 3.14. The van der Waals surface area contributed by atoms with Crippen LogP contribution in [0.2, 0.25) is 5.02 Å². The van der Waals surface area contributed by atoms with E-state index in [0.717, 1.165) is 18.2 Å². The van der Waals surface area contributed by atoms with Gasteiger partial charge in [0.15, 0.2) is 5.78 Å². The molecule has 0 saturated heterocycles. The molecule has 126 valence electrons. The Hall–Kier alpha value is -2.61. The molecule has 0 fully saturated rings. The normalized spacial score (nSPS) is 10.5. The van der Waals surface area contributed by atoms with Crippen LogP contribution in [-0.2, 0) is 0 Å². The molecule has 0 unspecified atom stereocenters. The monoisotopic (exact) mass is 357 g/mol. The third-order valence-electron chi connectivity index (χ3n) is 2.91. The highest BCUT2D eigenvalue weighted by Gasteiger charge is 2.15. The second kappa shape index (κ2) is 7.78. The van der Waals surface area contributed by atoms with Crippen LogP contribution in [0.5, 0.6) is 0 Å². The van der Waals surface area contributed by atoms with Crippen molar-refractivity contribution in [3.8, 4) is 0 Å². The molecule has 0 aliphatic rings. The van der Waals surface area contributed by atoms with E-state index in [1.165, 1.54) is 18.3 Å². The van der Waals surface area contributed by atoms with Gasteiger partial charge in [0.25, 0.3) is 6.43 Å². The summed E-state index contributed by atoms with van der Waals surface area (Å²) in [6, 6.07) is 4.79. The van der Waals surface area contributed by atoms with Crippen molar-refractivity contribution in [3.05, 3.63) is 58.6 Å². The number of amides is 2. The van der Waals surface area contributed by atoms with Gasteiger partial charge in [0.1, 0.15) is 11.5 Å². The number of anilines is 1. The molecule has 0 atom stereocenters. The van der Waals surface area contributed by atoms with Gasteiger partial charge in [-0.3, -0.25) is 9.78 Å². The minimum Gasteiger partial charge on any atom is -0.330 e. The van der Waals surface area contributed by atoms with E-state index < -0.39 is 29.6 Å². The molecule has 1 heterocycles. The summed E-state index contributed by atoms with van der Waals surface area (Å²) in [6.45, 7) is -0.373. The maximum absolute atomic E-state index is 13.2. The number of urea groups is 1. The molecule has 0 saturated carbocycles. The fourth-order valence-electron chi connectivity index (χ4n) is 1.77. The molecular formula is C15H11ClF3N3O2. The lowest BCUT2D eigenvalue weighted by Crippen LogP contribution is -2.33. The van der Waals surface area contributed by atoms with Gasteiger partial charge in [-0.25, -0.2) is 18.0 Å². The first kappa shape index (κ1) is 17.7. The largest absolute Gasteiger partial charge is 0.330 e. The number of carbonyl (C=O) groups is 2. The van der Waals surface area contributed by atoms with E-state index in [1.807, 2.05) is 0 Å². The molecule has 2 N–H and O–H groups in total. The molecule has 0 bridgehead atoms. The van der Waals surface area contributed by atoms with Gasteiger partial charge in [-0.1, -0.05) is 11.6 Å². The summed E-state index contributed by atoms with van der Waals surface area (Å²) in [6.07, 6.45) is -1.66.